The molecule has 1 unspecified atom stereocenters. The Balaban J connectivity index is 2.18. The van der Waals surface area contributed by atoms with Gasteiger partial charge in [-0.25, -0.2) is 8.42 Å². The molecular weight excluding hydrogens is 368 g/mol. The molecule has 140 valence electrons. The van der Waals surface area contributed by atoms with E-state index in [4.69, 9.17) is 21.1 Å². The highest BCUT2D eigenvalue weighted by molar-refractivity contribution is 7.89. The van der Waals surface area contributed by atoms with Gasteiger partial charge in [-0.05, 0) is 31.5 Å². The van der Waals surface area contributed by atoms with Crippen molar-refractivity contribution < 1.29 is 22.7 Å². The van der Waals surface area contributed by atoms with Crippen LogP contribution >= 0.6 is 11.6 Å². The first-order valence-electron chi connectivity index (χ1n) is 8.14. The molecule has 0 spiro atoms. The molecule has 1 aliphatic heterocycles. The molecule has 1 aromatic carbocycles. The minimum atomic E-state index is -3.78. The first-order valence-corrected chi connectivity index (χ1v) is 9.96. The molecule has 1 atom stereocenters. The maximum absolute atomic E-state index is 12.9. The smallest absolute Gasteiger partial charge is 0.258 e. The molecule has 1 aromatic rings. The summed E-state index contributed by atoms with van der Waals surface area (Å²) in [5, 5.41) is 3.05. The van der Waals surface area contributed by atoms with E-state index < -0.39 is 10.0 Å². The number of hydrogen-bond donors (Lipinski definition) is 1. The predicted octanol–water partition coefficient (Wildman–Crippen LogP) is 1.65. The molecule has 0 bridgehead atoms. The Morgan fingerprint density at radius 3 is 2.72 bits per heavy atom. The van der Waals surface area contributed by atoms with E-state index in [-0.39, 0.29) is 47.3 Å². The number of morpholine rings is 1. The van der Waals surface area contributed by atoms with Crippen molar-refractivity contribution in [2.45, 2.75) is 31.2 Å². The van der Waals surface area contributed by atoms with E-state index in [9.17, 15) is 13.2 Å². The predicted molar refractivity (Wildman–Crippen MR) is 94.4 cm³/mol. The molecule has 1 amide bonds. The molecule has 1 fully saturated rings. The molecule has 7 nitrogen and oxygen atoms in total. The molecule has 25 heavy (non-hydrogen) atoms. The number of benzene rings is 1. The SMILES string of the molecule is CCC(C)NC(=O)COc1ccc(Cl)cc1S(=O)(=O)N1CCOCC1. The van der Waals surface area contributed by atoms with Gasteiger partial charge >= 0.3 is 0 Å². The second-order valence-electron chi connectivity index (χ2n) is 5.77. The number of halogens is 1. The zero-order valence-corrected chi connectivity index (χ0v) is 15.9. The number of nitrogens with one attached hydrogen (secondary N) is 1. The third-order valence-electron chi connectivity index (χ3n) is 3.87. The van der Waals surface area contributed by atoms with E-state index >= 15 is 0 Å². The van der Waals surface area contributed by atoms with Crippen LogP contribution in [0.4, 0.5) is 0 Å². The van der Waals surface area contributed by atoms with Gasteiger partial charge < -0.3 is 14.8 Å². The van der Waals surface area contributed by atoms with Gasteiger partial charge in [-0.3, -0.25) is 4.79 Å². The van der Waals surface area contributed by atoms with E-state index in [2.05, 4.69) is 5.32 Å². The number of ether oxygens (including phenoxy) is 2. The normalized spacial score (nSPS) is 17.1. The monoisotopic (exact) mass is 390 g/mol. The van der Waals surface area contributed by atoms with Crippen LogP contribution in [0.25, 0.3) is 0 Å². The number of amides is 1. The van der Waals surface area contributed by atoms with Crippen LogP contribution in [0.5, 0.6) is 5.75 Å². The molecule has 0 saturated carbocycles. The van der Waals surface area contributed by atoms with E-state index in [1.165, 1.54) is 22.5 Å². The lowest BCUT2D eigenvalue weighted by atomic mass is 10.2. The fourth-order valence-electron chi connectivity index (χ4n) is 2.29. The average molecular weight is 391 g/mol. The molecule has 1 N–H and O–H groups in total. The Morgan fingerprint density at radius 2 is 2.08 bits per heavy atom. The van der Waals surface area contributed by atoms with Gasteiger partial charge in [-0.15, -0.1) is 0 Å². The largest absolute Gasteiger partial charge is 0.482 e. The highest BCUT2D eigenvalue weighted by Gasteiger charge is 2.29. The summed E-state index contributed by atoms with van der Waals surface area (Å²) in [5.41, 5.74) is 0. The summed E-state index contributed by atoms with van der Waals surface area (Å²) in [4.78, 5) is 11.8. The second-order valence-corrected chi connectivity index (χ2v) is 8.12. The van der Waals surface area contributed by atoms with Crippen LogP contribution in [0.3, 0.4) is 0 Å². The van der Waals surface area contributed by atoms with Gasteiger partial charge in [-0.2, -0.15) is 4.31 Å². The van der Waals surface area contributed by atoms with Crippen LogP contribution in [0.15, 0.2) is 23.1 Å². The molecule has 0 aliphatic carbocycles. The maximum atomic E-state index is 12.9. The Labute approximate surface area is 153 Å². The van der Waals surface area contributed by atoms with Crippen molar-refractivity contribution in [3.05, 3.63) is 23.2 Å². The third kappa shape index (κ3) is 5.31. The number of carbonyl (C=O) groups excluding carboxylic acids is 1. The lowest BCUT2D eigenvalue weighted by Crippen LogP contribution is -2.41. The second kappa shape index (κ2) is 8.84. The van der Waals surface area contributed by atoms with Crippen molar-refractivity contribution in [1.29, 1.82) is 0 Å². The summed E-state index contributed by atoms with van der Waals surface area (Å²) < 4.78 is 37.7. The van der Waals surface area contributed by atoms with Crippen LogP contribution in [-0.2, 0) is 19.6 Å². The molecule has 0 aromatic heterocycles. The summed E-state index contributed by atoms with van der Waals surface area (Å²) in [6.07, 6.45) is 0.795. The van der Waals surface area contributed by atoms with E-state index in [0.717, 1.165) is 6.42 Å². The number of carbonyl (C=O) groups is 1. The van der Waals surface area contributed by atoms with Crippen molar-refractivity contribution in [1.82, 2.24) is 9.62 Å². The van der Waals surface area contributed by atoms with Gasteiger partial charge in [0.2, 0.25) is 10.0 Å². The first kappa shape index (κ1) is 20.0. The Bertz CT molecular complexity index is 704. The van der Waals surface area contributed by atoms with Gasteiger partial charge in [0, 0.05) is 24.2 Å². The number of hydrogen-bond acceptors (Lipinski definition) is 5. The van der Waals surface area contributed by atoms with Crippen molar-refractivity contribution in [3.63, 3.8) is 0 Å². The van der Waals surface area contributed by atoms with Crippen LogP contribution in [0, 0.1) is 0 Å². The molecular formula is C16H23ClN2O5S. The van der Waals surface area contributed by atoms with Crippen LogP contribution in [0.2, 0.25) is 5.02 Å². The van der Waals surface area contributed by atoms with Gasteiger partial charge in [0.05, 0.1) is 13.2 Å². The van der Waals surface area contributed by atoms with Crippen molar-refractivity contribution >= 4 is 27.5 Å². The summed E-state index contributed by atoms with van der Waals surface area (Å²) >= 11 is 5.97. The fourth-order valence-corrected chi connectivity index (χ4v) is 4.09. The standard InChI is InChI=1S/C16H23ClN2O5S/c1-3-12(2)18-16(20)11-24-14-5-4-13(17)10-15(14)25(21,22)19-6-8-23-9-7-19/h4-5,10,12H,3,6-9,11H2,1-2H3,(H,18,20). The van der Waals surface area contributed by atoms with E-state index in [0.29, 0.717) is 13.2 Å². The molecule has 0 radical (unpaired) electrons. The lowest BCUT2D eigenvalue weighted by Gasteiger charge is -2.26. The Kier molecular flexibility index (Phi) is 7.06. The van der Waals surface area contributed by atoms with Crippen LogP contribution in [0.1, 0.15) is 20.3 Å². The van der Waals surface area contributed by atoms with Gasteiger partial charge in [0.25, 0.3) is 5.91 Å². The van der Waals surface area contributed by atoms with Gasteiger partial charge in [-0.1, -0.05) is 18.5 Å². The van der Waals surface area contributed by atoms with Crippen molar-refractivity contribution in [3.8, 4) is 5.75 Å². The highest BCUT2D eigenvalue weighted by atomic mass is 35.5. The maximum Gasteiger partial charge on any atom is 0.258 e. The molecule has 1 heterocycles. The fraction of sp³-hybridized carbons (Fsp3) is 0.562. The minimum Gasteiger partial charge on any atom is -0.482 e. The van der Waals surface area contributed by atoms with Gasteiger partial charge in [0.15, 0.2) is 6.61 Å². The van der Waals surface area contributed by atoms with Gasteiger partial charge in [0.1, 0.15) is 10.6 Å². The number of sulfonamides is 1. The molecule has 2 rings (SSSR count). The highest BCUT2D eigenvalue weighted by Crippen LogP contribution is 2.30. The van der Waals surface area contributed by atoms with Crippen LogP contribution < -0.4 is 10.1 Å². The zero-order chi connectivity index (χ0) is 18.4. The average Bonchev–Trinajstić information content (AvgIpc) is 2.61. The number of rotatable bonds is 7. The number of nitrogens with zero attached hydrogens (tertiary/aromatic N) is 1. The zero-order valence-electron chi connectivity index (χ0n) is 14.3. The first-order chi connectivity index (χ1) is 11.8. The topological polar surface area (TPSA) is 84.9 Å². The molecule has 1 saturated heterocycles. The minimum absolute atomic E-state index is 0.0258. The Hall–Kier alpha value is -1.35. The third-order valence-corrected chi connectivity index (χ3v) is 6.03. The van der Waals surface area contributed by atoms with Crippen molar-refractivity contribution in [2.75, 3.05) is 32.9 Å². The van der Waals surface area contributed by atoms with E-state index in [1.54, 1.807) is 0 Å². The van der Waals surface area contributed by atoms with Crippen molar-refractivity contribution in [2.24, 2.45) is 0 Å². The lowest BCUT2D eigenvalue weighted by molar-refractivity contribution is -0.123. The summed E-state index contributed by atoms with van der Waals surface area (Å²) in [7, 11) is -3.78. The van der Waals surface area contributed by atoms with Crippen LogP contribution in [-0.4, -0.2) is 57.6 Å². The summed E-state index contributed by atoms with van der Waals surface area (Å²) in [5.74, 6) is -0.200. The Morgan fingerprint density at radius 1 is 1.40 bits per heavy atom. The molecule has 1 aliphatic rings. The quantitative estimate of drug-likeness (QED) is 0.765. The molecule has 9 heteroatoms. The summed E-state index contributed by atoms with van der Waals surface area (Å²) in [6.45, 7) is 4.79. The summed E-state index contributed by atoms with van der Waals surface area (Å²) in [6, 6.07) is 4.36. The van der Waals surface area contributed by atoms with E-state index in [1.807, 2.05) is 13.8 Å².